The summed E-state index contributed by atoms with van der Waals surface area (Å²) in [7, 11) is 0. The topological polar surface area (TPSA) is 54.9 Å². The molecule has 0 spiro atoms. The molecular formula is C23H27N3O. The molecule has 140 valence electrons. The van der Waals surface area contributed by atoms with Crippen LogP contribution in [0.1, 0.15) is 45.9 Å². The first-order chi connectivity index (χ1) is 12.9. The van der Waals surface area contributed by atoms with Gasteiger partial charge in [0, 0.05) is 40.7 Å². The highest BCUT2D eigenvalue weighted by atomic mass is 16.1. The van der Waals surface area contributed by atoms with Crippen LogP contribution in [0.25, 0.3) is 17.0 Å². The van der Waals surface area contributed by atoms with Gasteiger partial charge in [0.25, 0.3) is 0 Å². The van der Waals surface area contributed by atoms with Gasteiger partial charge in [-0.2, -0.15) is 0 Å². The second-order valence-corrected chi connectivity index (χ2v) is 6.96. The largest absolute Gasteiger partial charge is 0.322 e. The average molecular weight is 361 g/mol. The third-order valence-electron chi connectivity index (χ3n) is 3.86. The van der Waals surface area contributed by atoms with Gasteiger partial charge in [-0.3, -0.25) is 14.8 Å². The first-order valence-corrected chi connectivity index (χ1v) is 9.22. The molecule has 3 aromatic rings. The van der Waals surface area contributed by atoms with Crippen molar-refractivity contribution in [1.82, 2.24) is 9.97 Å². The molecule has 2 aromatic heterocycles. The Hall–Kier alpha value is -3.01. The van der Waals surface area contributed by atoms with E-state index in [0.29, 0.717) is 0 Å². The molecule has 1 N–H and O–H groups in total. The molecule has 0 unspecified atom stereocenters. The summed E-state index contributed by atoms with van der Waals surface area (Å²) in [5.74, 6) is -0.185. The number of amides is 1. The lowest BCUT2D eigenvalue weighted by Crippen LogP contribution is -2.13. The Morgan fingerprint density at radius 2 is 1.81 bits per heavy atom. The van der Waals surface area contributed by atoms with Gasteiger partial charge in [0.2, 0.25) is 5.91 Å². The minimum Gasteiger partial charge on any atom is -0.322 e. The Balaban J connectivity index is 0.00000126. The molecule has 0 saturated heterocycles. The summed E-state index contributed by atoms with van der Waals surface area (Å²) >= 11 is 0. The predicted molar refractivity (Wildman–Crippen MR) is 114 cm³/mol. The molecule has 27 heavy (non-hydrogen) atoms. The fourth-order valence-corrected chi connectivity index (χ4v) is 2.45. The van der Waals surface area contributed by atoms with Gasteiger partial charge in [0.05, 0.1) is 5.52 Å². The number of pyridine rings is 2. The van der Waals surface area contributed by atoms with Crippen molar-refractivity contribution in [2.24, 2.45) is 0 Å². The number of nitrogens with one attached hydrogen (secondary N) is 1. The Kier molecular flexibility index (Phi) is 6.83. The summed E-state index contributed by atoms with van der Waals surface area (Å²) in [6, 6.07) is 13.5. The molecule has 0 atom stereocenters. The van der Waals surface area contributed by atoms with Crippen molar-refractivity contribution in [3.05, 3.63) is 72.2 Å². The van der Waals surface area contributed by atoms with E-state index in [1.807, 2.05) is 56.3 Å². The van der Waals surface area contributed by atoms with Crippen molar-refractivity contribution >= 4 is 28.6 Å². The maximum Gasteiger partial charge on any atom is 0.248 e. The number of anilines is 1. The Bertz CT molecular complexity index is 922. The quantitative estimate of drug-likeness (QED) is 0.617. The first kappa shape index (κ1) is 20.3. The van der Waals surface area contributed by atoms with Crippen molar-refractivity contribution < 1.29 is 4.79 Å². The number of rotatable bonds is 3. The molecule has 2 heterocycles. The summed E-state index contributed by atoms with van der Waals surface area (Å²) in [6.45, 7) is 10.4. The Labute approximate surface area is 161 Å². The summed E-state index contributed by atoms with van der Waals surface area (Å²) in [5, 5.41) is 3.90. The van der Waals surface area contributed by atoms with Gasteiger partial charge in [-0.25, -0.2) is 0 Å². The summed E-state index contributed by atoms with van der Waals surface area (Å²) in [4.78, 5) is 20.9. The van der Waals surface area contributed by atoms with Crippen LogP contribution < -0.4 is 5.32 Å². The maximum absolute atomic E-state index is 12.1. The minimum atomic E-state index is -0.185. The molecule has 0 aliphatic carbocycles. The standard InChI is InChI=1S/C21H21N3O.C2H6/c1-21(2,3)19-10-6-15(14-23-19)7-11-20(25)24-17-9-8-16-5-4-12-22-18(16)13-17;1-2/h4-14H,1-3H3,(H,24,25);1-2H3/b11-7+;. The molecule has 0 saturated carbocycles. The van der Waals surface area contributed by atoms with Crippen LogP contribution in [-0.4, -0.2) is 15.9 Å². The number of hydrogen-bond acceptors (Lipinski definition) is 3. The van der Waals surface area contributed by atoms with E-state index in [4.69, 9.17) is 0 Å². The number of nitrogens with zero attached hydrogens (tertiary/aromatic N) is 2. The summed E-state index contributed by atoms with van der Waals surface area (Å²) < 4.78 is 0. The second kappa shape index (κ2) is 9.08. The van der Waals surface area contributed by atoms with E-state index >= 15 is 0 Å². The molecule has 4 heteroatoms. The molecule has 0 radical (unpaired) electrons. The zero-order valence-corrected chi connectivity index (χ0v) is 16.7. The van der Waals surface area contributed by atoms with Gasteiger partial charge in [-0.1, -0.05) is 52.8 Å². The van der Waals surface area contributed by atoms with Crippen LogP contribution in [0.4, 0.5) is 5.69 Å². The van der Waals surface area contributed by atoms with E-state index < -0.39 is 0 Å². The van der Waals surface area contributed by atoms with Gasteiger partial charge in [-0.15, -0.1) is 0 Å². The van der Waals surface area contributed by atoms with Gasteiger partial charge in [-0.05, 0) is 35.9 Å². The molecule has 0 fully saturated rings. The van der Waals surface area contributed by atoms with Crippen molar-refractivity contribution in [3.63, 3.8) is 0 Å². The van der Waals surface area contributed by atoms with Crippen molar-refractivity contribution in [3.8, 4) is 0 Å². The van der Waals surface area contributed by atoms with Crippen LogP contribution in [0.3, 0.4) is 0 Å². The zero-order valence-electron chi connectivity index (χ0n) is 16.7. The lowest BCUT2D eigenvalue weighted by molar-refractivity contribution is -0.111. The fraction of sp³-hybridized carbons (Fsp3) is 0.261. The zero-order chi connectivity index (χ0) is 19.9. The van der Waals surface area contributed by atoms with Crippen molar-refractivity contribution in [2.75, 3.05) is 5.32 Å². The number of carbonyl (C=O) groups is 1. The van der Waals surface area contributed by atoms with Crippen molar-refractivity contribution in [2.45, 2.75) is 40.0 Å². The predicted octanol–water partition coefficient (Wildman–Crippen LogP) is 5.61. The van der Waals surface area contributed by atoms with Crippen LogP contribution in [0, 0.1) is 0 Å². The molecular weight excluding hydrogens is 334 g/mol. The average Bonchev–Trinajstić information content (AvgIpc) is 2.67. The second-order valence-electron chi connectivity index (χ2n) is 6.96. The number of carbonyl (C=O) groups excluding carboxylic acids is 1. The van der Waals surface area contributed by atoms with Gasteiger partial charge in [0.15, 0.2) is 0 Å². The number of fused-ring (bicyclic) bond motifs is 1. The molecule has 0 bridgehead atoms. The molecule has 0 aliphatic rings. The van der Waals surface area contributed by atoms with Crippen LogP contribution in [0.5, 0.6) is 0 Å². The number of benzene rings is 1. The van der Waals surface area contributed by atoms with E-state index in [9.17, 15) is 4.79 Å². The fourth-order valence-electron chi connectivity index (χ4n) is 2.45. The Morgan fingerprint density at radius 1 is 1.04 bits per heavy atom. The highest BCUT2D eigenvalue weighted by Crippen LogP contribution is 2.20. The van der Waals surface area contributed by atoms with Crippen LogP contribution in [-0.2, 0) is 10.2 Å². The summed E-state index contributed by atoms with van der Waals surface area (Å²) in [6.07, 6.45) is 6.79. The maximum atomic E-state index is 12.1. The SMILES string of the molecule is CC.CC(C)(C)c1ccc(/C=C/C(=O)Nc2ccc3cccnc3c2)cn1. The summed E-state index contributed by atoms with van der Waals surface area (Å²) in [5.41, 5.74) is 3.51. The highest BCUT2D eigenvalue weighted by Gasteiger charge is 2.14. The van der Waals surface area contributed by atoms with Crippen LogP contribution in [0.2, 0.25) is 0 Å². The van der Waals surface area contributed by atoms with E-state index in [1.54, 1.807) is 18.5 Å². The molecule has 1 amide bonds. The first-order valence-electron chi connectivity index (χ1n) is 9.22. The van der Waals surface area contributed by atoms with E-state index in [1.165, 1.54) is 6.08 Å². The molecule has 4 nitrogen and oxygen atoms in total. The Morgan fingerprint density at radius 3 is 2.48 bits per heavy atom. The number of aromatic nitrogens is 2. The van der Waals surface area contributed by atoms with E-state index in [0.717, 1.165) is 27.8 Å². The lowest BCUT2D eigenvalue weighted by Gasteiger charge is -2.17. The smallest absolute Gasteiger partial charge is 0.248 e. The van der Waals surface area contributed by atoms with E-state index in [2.05, 4.69) is 36.1 Å². The third-order valence-corrected chi connectivity index (χ3v) is 3.86. The highest BCUT2D eigenvalue weighted by molar-refractivity contribution is 6.02. The van der Waals surface area contributed by atoms with E-state index in [-0.39, 0.29) is 11.3 Å². The van der Waals surface area contributed by atoms with Gasteiger partial charge in [0.1, 0.15) is 0 Å². The number of hydrogen-bond donors (Lipinski definition) is 1. The van der Waals surface area contributed by atoms with Gasteiger partial charge >= 0.3 is 0 Å². The molecule has 0 aliphatic heterocycles. The normalized spacial score (nSPS) is 11.1. The monoisotopic (exact) mass is 361 g/mol. The molecule has 3 rings (SSSR count). The van der Waals surface area contributed by atoms with Crippen LogP contribution in [0.15, 0.2) is 60.9 Å². The molecule has 1 aromatic carbocycles. The van der Waals surface area contributed by atoms with Crippen LogP contribution >= 0.6 is 0 Å². The van der Waals surface area contributed by atoms with Gasteiger partial charge < -0.3 is 5.32 Å². The van der Waals surface area contributed by atoms with Crippen molar-refractivity contribution in [1.29, 1.82) is 0 Å². The third kappa shape index (κ3) is 5.74. The minimum absolute atomic E-state index is 0.0176. The lowest BCUT2D eigenvalue weighted by atomic mass is 9.91.